The quantitative estimate of drug-likeness (QED) is 0.795. The maximum Gasteiger partial charge on any atom is 0.120 e. The molecule has 2 heteroatoms. The van der Waals surface area contributed by atoms with E-state index < -0.39 is 6.10 Å². The molecule has 94 valence electrons. The second-order valence-corrected chi connectivity index (χ2v) is 6.22. The first kappa shape index (κ1) is 13.6. The third-order valence-electron chi connectivity index (χ3n) is 2.88. The Kier molecular flexibility index (Phi) is 4.85. The number of aliphatic hydroxyl groups is 1. The first-order valence-electron chi connectivity index (χ1n) is 6.39. The van der Waals surface area contributed by atoms with Crippen molar-refractivity contribution >= 4 is 0 Å². The summed E-state index contributed by atoms with van der Waals surface area (Å²) in [6.07, 6.45) is 5.70. The van der Waals surface area contributed by atoms with Crippen LogP contribution in [-0.2, 0) is 4.74 Å². The molecular weight excluding hydrogens is 200 g/mol. The minimum atomic E-state index is -0.405. The molecule has 1 aliphatic heterocycles. The van der Waals surface area contributed by atoms with E-state index in [1.807, 2.05) is 6.08 Å². The van der Waals surface area contributed by atoms with E-state index in [9.17, 15) is 5.11 Å². The van der Waals surface area contributed by atoms with Crippen LogP contribution in [0, 0.1) is 11.3 Å². The van der Waals surface area contributed by atoms with Gasteiger partial charge in [-0.25, -0.2) is 0 Å². The fourth-order valence-corrected chi connectivity index (χ4v) is 2.43. The molecule has 0 spiro atoms. The summed E-state index contributed by atoms with van der Waals surface area (Å²) < 4.78 is 5.48. The normalized spacial score (nSPS) is 20.9. The van der Waals surface area contributed by atoms with Gasteiger partial charge in [0.05, 0.1) is 6.61 Å². The van der Waals surface area contributed by atoms with Gasteiger partial charge in [-0.2, -0.15) is 0 Å². The van der Waals surface area contributed by atoms with Crippen molar-refractivity contribution in [1.29, 1.82) is 0 Å². The van der Waals surface area contributed by atoms with Crippen molar-refractivity contribution in [1.82, 2.24) is 0 Å². The highest BCUT2D eigenvalue weighted by atomic mass is 16.5. The zero-order valence-corrected chi connectivity index (χ0v) is 11.1. The molecule has 1 heterocycles. The summed E-state index contributed by atoms with van der Waals surface area (Å²) in [7, 11) is 0. The van der Waals surface area contributed by atoms with Crippen LogP contribution < -0.4 is 0 Å². The van der Waals surface area contributed by atoms with Crippen molar-refractivity contribution in [3.05, 3.63) is 11.8 Å². The Hall–Kier alpha value is -0.500. The van der Waals surface area contributed by atoms with Gasteiger partial charge in [0, 0.05) is 0 Å². The lowest BCUT2D eigenvalue weighted by Crippen LogP contribution is -2.21. The van der Waals surface area contributed by atoms with Gasteiger partial charge in [-0.3, -0.25) is 0 Å². The summed E-state index contributed by atoms with van der Waals surface area (Å²) in [6, 6.07) is 0. The van der Waals surface area contributed by atoms with Crippen LogP contribution in [-0.4, -0.2) is 17.8 Å². The average molecular weight is 226 g/mol. The Morgan fingerprint density at radius 2 is 2.12 bits per heavy atom. The van der Waals surface area contributed by atoms with Gasteiger partial charge in [0.15, 0.2) is 0 Å². The third-order valence-corrected chi connectivity index (χ3v) is 2.88. The summed E-state index contributed by atoms with van der Waals surface area (Å²) >= 11 is 0. The van der Waals surface area contributed by atoms with Crippen LogP contribution in [0.4, 0.5) is 0 Å². The molecule has 16 heavy (non-hydrogen) atoms. The predicted molar refractivity (Wildman–Crippen MR) is 67.1 cm³/mol. The molecule has 0 saturated carbocycles. The summed E-state index contributed by atoms with van der Waals surface area (Å²) in [5.41, 5.74) is 0.334. The average Bonchev–Trinajstić information content (AvgIpc) is 2.16. The lowest BCUT2D eigenvalue weighted by molar-refractivity contribution is 0.0731. The molecule has 0 aliphatic carbocycles. The van der Waals surface area contributed by atoms with Crippen LogP contribution in [0.25, 0.3) is 0 Å². The molecule has 0 radical (unpaired) electrons. The Morgan fingerprint density at radius 1 is 1.44 bits per heavy atom. The van der Waals surface area contributed by atoms with E-state index in [1.54, 1.807) is 0 Å². The number of rotatable bonds is 4. The molecule has 0 aromatic heterocycles. The number of allylic oxidation sites excluding steroid dienone is 1. The fourth-order valence-electron chi connectivity index (χ4n) is 2.43. The van der Waals surface area contributed by atoms with Crippen LogP contribution in [0.3, 0.4) is 0 Å². The molecule has 1 N–H and O–H groups in total. The highest BCUT2D eigenvalue weighted by molar-refractivity contribution is 5.02. The SMILES string of the molecule is CC(CC(O)C1=CCCCO1)CC(C)(C)C. The molecule has 1 rings (SSSR count). The monoisotopic (exact) mass is 226 g/mol. The number of hydrogen-bond donors (Lipinski definition) is 1. The maximum atomic E-state index is 10.0. The van der Waals surface area contributed by atoms with Crippen LogP contribution in [0.5, 0.6) is 0 Å². The minimum Gasteiger partial charge on any atom is -0.496 e. The van der Waals surface area contributed by atoms with Crippen molar-refractivity contribution in [2.24, 2.45) is 11.3 Å². The lowest BCUT2D eigenvalue weighted by Gasteiger charge is -2.26. The van der Waals surface area contributed by atoms with Gasteiger partial charge < -0.3 is 9.84 Å². The second kappa shape index (κ2) is 5.72. The number of hydrogen-bond acceptors (Lipinski definition) is 2. The van der Waals surface area contributed by atoms with E-state index >= 15 is 0 Å². The largest absolute Gasteiger partial charge is 0.496 e. The van der Waals surface area contributed by atoms with Crippen molar-refractivity contribution in [3.63, 3.8) is 0 Å². The van der Waals surface area contributed by atoms with Gasteiger partial charge in [0.2, 0.25) is 0 Å². The molecule has 0 saturated heterocycles. The Labute approximate surface area is 99.7 Å². The Balaban J connectivity index is 2.38. The van der Waals surface area contributed by atoms with E-state index in [0.717, 1.165) is 38.0 Å². The van der Waals surface area contributed by atoms with Crippen LogP contribution in [0.1, 0.15) is 53.4 Å². The Morgan fingerprint density at radius 3 is 2.62 bits per heavy atom. The molecule has 2 atom stereocenters. The van der Waals surface area contributed by atoms with Crippen LogP contribution in [0.15, 0.2) is 11.8 Å². The molecule has 0 fully saturated rings. The lowest BCUT2D eigenvalue weighted by atomic mass is 9.83. The van der Waals surface area contributed by atoms with Gasteiger partial charge in [-0.05, 0) is 43.1 Å². The molecule has 2 unspecified atom stereocenters. The molecule has 0 bridgehead atoms. The van der Waals surface area contributed by atoms with Gasteiger partial charge in [0.1, 0.15) is 11.9 Å². The zero-order valence-electron chi connectivity index (χ0n) is 11.1. The zero-order chi connectivity index (χ0) is 12.2. The molecule has 0 aromatic carbocycles. The minimum absolute atomic E-state index is 0.334. The standard InChI is InChI=1S/C14H26O2/c1-11(10-14(2,3)4)9-12(15)13-7-5-6-8-16-13/h7,11-12,15H,5-6,8-10H2,1-4H3. The third kappa shape index (κ3) is 5.02. The first-order valence-corrected chi connectivity index (χ1v) is 6.39. The van der Waals surface area contributed by atoms with Gasteiger partial charge >= 0.3 is 0 Å². The van der Waals surface area contributed by atoms with E-state index in [-0.39, 0.29) is 0 Å². The van der Waals surface area contributed by atoms with Crippen LogP contribution >= 0.6 is 0 Å². The highest BCUT2D eigenvalue weighted by Gasteiger charge is 2.21. The van der Waals surface area contributed by atoms with Gasteiger partial charge in [0.25, 0.3) is 0 Å². The molecule has 0 amide bonds. The van der Waals surface area contributed by atoms with Gasteiger partial charge in [-0.1, -0.05) is 27.7 Å². The fraction of sp³-hybridized carbons (Fsp3) is 0.857. The summed E-state index contributed by atoms with van der Waals surface area (Å²) in [6.45, 7) is 9.69. The summed E-state index contributed by atoms with van der Waals surface area (Å²) in [5.74, 6) is 1.33. The van der Waals surface area contributed by atoms with E-state index in [0.29, 0.717) is 11.3 Å². The summed E-state index contributed by atoms with van der Waals surface area (Å²) in [5, 5.41) is 10.0. The molecular formula is C14H26O2. The van der Waals surface area contributed by atoms with Crippen molar-refractivity contribution in [2.45, 2.75) is 59.5 Å². The first-order chi connectivity index (χ1) is 7.38. The van der Waals surface area contributed by atoms with Crippen molar-refractivity contribution in [2.75, 3.05) is 6.61 Å². The number of ether oxygens (including phenoxy) is 1. The van der Waals surface area contributed by atoms with Crippen molar-refractivity contribution in [3.8, 4) is 0 Å². The van der Waals surface area contributed by atoms with Crippen molar-refractivity contribution < 1.29 is 9.84 Å². The predicted octanol–water partition coefficient (Wildman–Crippen LogP) is 3.50. The molecule has 1 aliphatic rings. The van der Waals surface area contributed by atoms with E-state index in [1.165, 1.54) is 0 Å². The van der Waals surface area contributed by atoms with E-state index in [4.69, 9.17) is 4.74 Å². The van der Waals surface area contributed by atoms with Gasteiger partial charge in [-0.15, -0.1) is 0 Å². The van der Waals surface area contributed by atoms with Crippen LogP contribution in [0.2, 0.25) is 0 Å². The number of aliphatic hydroxyl groups excluding tert-OH is 1. The Bertz CT molecular complexity index is 238. The highest BCUT2D eigenvalue weighted by Crippen LogP contribution is 2.28. The second-order valence-electron chi connectivity index (χ2n) is 6.22. The topological polar surface area (TPSA) is 29.5 Å². The summed E-state index contributed by atoms with van der Waals surface area (Å²) in [4.78, 5) is 0. The van der Waals surface area contributed by atoms with E-state index in [2.05, 4.69) is 27.7 Å². The molecule has 0 aromatic rings. The smallest absolute Gasteiger partial charge is 0.120 e. The maximum absolute atomic E-state index is 10.0. The molecule has 2 nitrogen and oxygen atoms in total.